The molecule has 7 heteroatoms. The molecule has 114 valence electrons. The fourth-order valence-electron chi connectivity index (χ4n) is 1.46. The number of amides is 3. The highest BCUT2D eigenvalue weighted by Gasteiger charge is 2.09. The van der Waals surface area contributed by atoms with Crippen LogP contribution in [0.15, 0.2) is 24.3 Å². The lowest BCUT2D eigenvalue weighted by molar-refractivity contribution is -0.125. The van der Waals surface area contributed by atoms with Gasteiger partial charge in [-0.3, -0.25) is 14.4 Å². The highest BCUT2D eigenvalue weighted by Crippen LogP contribution is 2.10. The van der Waals surface area contributed by atoms with Crippen molar-refractivity contribution in [2.75, 3.05) is 19.6 Å². The van der Waals surface area contributed by atoms with Crippen LogP contribution >= 0.6 is 11.6 Å². The predicted molar refractivity (Wildman–Crippen MR) is 80.1 cm³/mol. The molecule has 3 amide bonds. The third-order valence-corrected chi connectivity index (χ3v) is 2.75. The Bertz CT molecular complexity index is 520. The van der Waals surface area contributed by atoms with E-state index in [1.807, 2.05) is 6.92 Å². The average Bonchev–Trinajstić information content (AvgIpc) is 2.48. The van der Waals surface area contributed by atoms with Crippen molar-refractivity contribution in [3.63, 3.8) is 0 Å². The second kappa shape index (κ2) is 8.97. The summed E-state index contributed by atoms with van der Waals surface area (Å²) in [7, 11) is 0. The predicted octanol–water partition coefficient (Wildman–Crippen LogP) is 0.712. The van der Waals surface area contributed by atoms with Crippen molar-refractivity contribution in [2.24, 2.45) is 0 Å². The van der Waals surface area contributed by atoms with E-state index < -0.39 is 11.8 Å². The number of carbonyl (C=O) groups is 3. The Hall–Kier alpha value is -2.08. The Morgan fingerprint density at radius 2 is 1.71 bits per heavy atom. The molecule has 3 N–H and O–H groups in total. The summed E-state index contributed by atoms with van der Waals surface area (Å²) in [5.74, 6) is -1.09. The first-order chi connectivity index (χ1) is 10.0. The Morgan fingerprint density at radius 1 is 1.05 bits per heavy atom. The highest BCUT2D eigenvalue weighted by atomic mass is 35.5. The van der Waals surface area contributed by atoms with Crippen molar-refractivity contribution in [2.45, 2.75) is 13.3 Å². The van der Waals surface area contributed by atoms with Gasteiger partial charge < -0.3 is 16.0 Å². The zero-order chi connectivity index (χ0) is 15.7. The molecular weight excluding hydrogens is 294 g/mol. The van der Waals surface area contributed by atoms with Gasteiger partial charge in [-0.25, -0.2) is 0 Å². The van der Waals surface area contributed by atoms with Crippen molar-refractivity contribution < 1.29 is 14.4 Å². The number of benzene rings is 1. The van der Waals surface area contributed by atoms with E-state index >= 15 is 0 Å². The molecule has 6 nitrogen and oxygen atoms in total. The lowest BCUT2D eigenvalue weighted by Crippen LogP contribution is -2.42. The van der Waals surface area contributed by atoms with Gasteiger partial charge in [0.05, 0.1) is 13.1 Å². The zero-order valence-electron chi connectivity index (χ0n) is 11.7. The lowest BCUT2D eigenvalue weighted by Gasteiger charge is -2.07. The summed E-state index contributed by atoms with van der Waals surface area (Å²) >= 11 is 5.77. The molecule has 0 unspecified atom stereocenters. The van der Waals surface area contributed by atoms with Gasteiger partial charge in [-0.05, 0) is 24.6 Å². The Morgan fingerprint density at radius 3 is 2.38 bits per heavy atom. The Labute approximate surface area is 128 Å². The summed E-state index contributed by atoms with van der Waals surface area (Å²) < 4.78 is 0. The number of hydrogen-bond donors (Lipinski definition) is 3. The van der Waals surface area contributed by atoms with Gasteiger partial charge >= 0.3 is 0 Å². The van der Waals surface area contributed by atoms with Gasteiger partial charge in [0.1, 0.15) is 0 Å². The number of hydrogen-bond acceptors (Lipinski definition) is 3. The van der Waals surface area contributed by atoms with Gasteiger partial charge in [-0.2, -0.15) is 0 Å². The van der Waals surface area contributed by atoms with Gasteiger partial charge in [0.15, 0.2) is 0 Å². The monoisotopic (exact) mass is 311 g/mol. The summed E-state index contributed by atoms with van der Waals surface area (Å²) in [6, 6.07) is 6.40. The summed E-state index contributed by atoms with van der Waals surface area (Å²) in [5, 5.41) is 7.94. The van der Waals surface area contributed by atoms with E-state index in [-0.39, 0.29) is 19.0 Å². The van der Waals surface area contributed by atoms with E-state index in [9.17, 15) is 14.4 Å². The molecule has 0 aliphatic rings. The molecule has 0 aromatic heterocycles. The van der Waals surface area contributed by atoms with E-state index in [4.69, 9.17) is 11.6 Å². The van der Waals surface area contributed by atoms with Crippen LogP contribution < -0.4 is 16.0 Å². The third kappa shape index (κ3) is 6.76. The third-order valence-electron chi connectivity index (χ3n) is 2.51. The largest absolute Gasteiger partial charge is 0.355 e. The van der Waals surface area contributed by atoms with Crippen LogP contribution in [0.5, 0.6) is 0 Å². The van der Waals surface area contributed by atoms with Crippen LogP contribution in [0.3, 0.4) is 0 Å². The van der Waals surface area contributed by atoms with Gasteiger partial charge in [0.2, 0.25) is 11.8 Å². The zero-order valence-corrected chi connectivity index (χ0v) is 12.5. The average molecular weight is 312 g/mol. The number of nitrogens with one attached hydrogen (secondary N) is 3. The Balaban J connectivity index is 2.30. The molecule has 0 aliphatic heterocycles. The number of rotatable bonds is 7. The van der Waals surface area contributed by atoms with Crippen molar-refractivity contribution in [3.8, 4) is 0 Å². The summed E-state index contributed by atoms with van der Waals surface area (Å²) in [6.07, 6.45) is 0.829. The Kier molecular flexibility index (Phi) is 7.25. The molecule has 0 spiro atoms. The van der Waals surface area contributed by atoms with Gasteiger partial charge in [-0.15, -0.1) is 0 Å². The number of carbonyl (C=O) groups excluding carboxylic acids is 3. The quantitative estimate of drug-likeness (QED) is 0.693. The second-order valence-electron chi connectivity index (χ2n) is 4.32. The van der Waals surface area contributed by atoms with Crippen LogP contribution in [-0.4, -0.2) is 37.4 Å². The van der Waals surface area contributed by atoms with Crippen LogP contribution in [-0.2, 0) is 9.59 Å². The lowest BCUT2D eigenvalue weighted by atomic mass is 10.2. The molecule has 0 atom stereocenters. The smallest absolute Gasteiger partial charge is 0.251 e. The van der Waals surface area contributed by atoms with Crippen LogP contribution in [0.4, 0.5) is 0 Å². The minimum absolute atomic E-state index is 0.105. The first kappa shape index (κ1) is 17.0. The van der Waals surface area contributed by atoms with Crippen molar-refractivity contribution in [3.05, 3.63) is 34.9 Å². The molecule has 1 aromatic carbocycles. The normalized spacial score (nSPS) is 9.81. The van der Waals surface area contributed by atoms with Crippen molar-refractivity contribution in [1.82, 2.24) is 16.0 Å². The second-order valence-corrected chi connectivity index (χ2v) is 4.76. The SMILES string of the molecule is CCCNC(=O)CNC(=O)CNC(=O)c1cccc(Cl)c1. The standard InChI is InChI=1S/C14H18ClN3O3/c1-2-6-16-12(19)8-17-13(20)9-18-14(21)10-4-3-5-11(15)7-10/h3-5,7H,2,6,8-9H2,1H3,(H,16,19)(H,17,20)(H,18,21). The van der Waals surface area contributed by atoms with Gasteiger partial charge in [0, 0.05) is 17.1 Å². The van der Waals surface area contributed by atoms with Gasteiger partial charge in [0.25, 0.3) is 5.91 Å². The molecule has 0 saturated carbocycles. The maximum atomic E-state index is 11.8. The minimum Gasteiger partial charge on any atom is -0.355 e. The topological polar surface area (TPSA) is 87.3 Å². The maximum absolute atomic E-state index is 11.8. The fourth-order valence-corrected chi connectivity index (χ4v) is 1.65. The summed E-state index contributed by atoms with van der Waals surface area (Å²) in [6.45, 7) is 2.20. The first-order valence-corrected chi connectivity index (χ1v) is 6.98. The molecular formula is C14H18ClN3O3. The van der Waals surface area contributed by atoms with E-state index in [1.165, 1.54) is 6.07 Å². The van der Waals surface area contributed by atoms with Crippen LogP contribution in [0.1, 0.15) is 23.7 Å². The highest BCUT2D eigenvalue weighted by molar-refractivity contribution is 6.30. The van der Waals surface area contributed by atoms with E-state index in [1.54, 1.807) is 18.2 Å². The molecule has 0 bridgehead atoms. The summed E-state index contributed by atoms with van der Waals surface area (Å²) in [5.41, 5.74) is 0.371. The van der Waals surface area contributed by atoms with E-state index in [2.05, 4.69) is 16.0 Å². The van der Waals surface area contributed by atoms with Crippen LogP contribution in [0.2, 0.25) is 5.02 Å². The van der Waals surface area contributed by atoms with E-state index in [0.29, 0.717) is 17.1 Å². The van der Waals surface area contributed by atoms with E-state index in [0.717, 1.165) is 6.42 Å². The van der Waals surface area contributed by atoms with Crippen molar-refractivity contribution >= 4 is 29.3 Å². The molecule has 0 radical (unpaired) electrons. The first-order valence-electron chi connectivity index (χ1n) is 6.60. The van der Waals surface area contributed by atoms with Gasteiger partial charge in [-0.1, -0.05) is 24.6 Å². The van der Waals surface area contributed by atoms with Crippen LogP contribution in [0, 0.1) is 0 Å². The fraction of sp³-hybridized carbons (Fsp3) is 0.357. The molecule has 0 saturated heterocycles. The minimum atomic E-state index is -0.433. The molecule has 21 heavy (non-hydrogen) atoms. The maximum Gasteiger partial charge on any atom is 0.251 e. The summed E-state index contributed by atoms with van der Waals surface area (Å²) in [4.78, 5) is 34.5. The number of halogens is 1. The molecule has 0 aliphatic carbocycles. The molecule has 0 fully saturated rings. The molecule has 0 heterocycles. The molecule has 1 rings (SSSR count). The van der Waals surface area contributed by atoms with Crippen LogP contribution in [0.25, 0.3) is 0 Å². The molecule has 1 aromatic rings. The van der Waals surface area contributed by atoms with Crippen molar-refractivity contribution in [1.29, 1.82) is 0 Å².